The molecule has 1 aromatic heterocycles. The first-order chi connectivity index (χ1) is 6.76. The van der Waals surface area contributed by atoms with Crippen LogP contribution >= 0.6 is 11.3 Å². The zero-order valence-electron chi connectivity index (χ0n) is 8.16. The maximum atomic E-state index is 8.70. The predicted octanol–water partition coefficient (Wildman–Crippen LogP) is 1.48. The summed E-state index contributed by atoms with van der Waals surface area (Å²) in [4.78, 5) is 1.91. The quantitative estimate of drug-likeness (QED) is 0.774. The molecule has 1 heterocycles. The molecule has 0 spiro atoms. The molecular formula is C10H14N2OS. The van der Waals surface area contributed by atoms with Crippen LogP contribution in [-0.4, -0.2) is 17.8 Å². The molecule has 1 rings (SSSR count). The fourth-order valence-corrected chi connectivity index (χ4v) is 1.86. The van der Waals surface area contributed by atoms with Gasteiger partial charge in [-0.3, -0.25) is 0 Å². The van der Waals surface area contributed by atoms with Gasteiger partial charge in [-0.1, -0.05) is 0 Å². The summed E-state index contributed by atoms with van der Waals surface area (Å²) in [5.74, 6) is 0. The largest absolute Gasteiger partial charge is 0.396 e. The van der Waals surface area contributed by atoms with Crippen molar-refractivity contribution in [3.8, 4) is 6.07 Å². The van der Waals surface area contributed by atoms with Crippen molar-refractivity contribution in [1.82, 2.24) is 5.32 Å². The van der Waals surface area contributed by atoms with Crippen molar-refractivity contribution in [1.29, 1.82) is 5.26 Å². The van der Waals surface area contributed by atoms with Crippen LogP contribution in [-0.2, 0) is 6.54 Å². The lowest BCUT2D eigenvalue weighted by molar-refractivity contribution is 0.269. The molecule has 0 aromatic carbocycles. The van der Waals surface area contributed by atoms with Crippen molar-refractivity contribution in [3.05, 3.63) is 21.9 Å². The van der Waals surface area contributed by atoms with Crippen molar-refractivity contribution in [2.24, 2.45) is 0 Å². The molecule has 0 unspecified atom stereocenters. The van der Waals surface area contributed by atoms with Crippen molar-refractivity contribution in [2.45, 2.75) is 25.9 Å². The van der Waals surface area contributed by atoms with Gasteiger partial charge in [0.1, 0.15) is 10.9 Å². The monoisotopic (exact) mass is 210 g/mol. The summed E-state index contributed by atoms with van der Waals surface area (Å²) in [6, 6.07) is 6.22. The van der Waals surface area contributed by atoms with Gasteiger partial charge < -0.3 is 10.4 Å². The zero-order chi connectivity index (χ0) is 10.4. The summed E-state index contributed by atoms with van der Waals surface area (Å²) in [5, 5.41) is 20.6. The minimum Gasteiger partial charge on any atom is -0.396 e. The predicted molar refractivity (Wildman–Crippen MR) is 57.0 cm³/mol. The van der Waals surface area contributed by atoms with E-state index >= 15 is 0 Å². The Labute approximate surface area is 88.0 Å². The minimum atomic E-state index is 0.210. The number of nitrogens with one attached hydrogen (secondary N) is 1. The van der Waals surface area contributed by atoms with Crippen molar-refractivity contribution in [3.63, 3.8) is 0 Å². The Morgan fingerprint density at radius 3 is 3.00 bits per heavy atom. The summed E-state index contributed by atoms with van der Waals surface area (Å²) < 4.78 is 0. The summed E-state index contributed by atoms with van der Waals surface area (Å²) in [7, 11) is 0. The second-order valence-electron chi connectivity index (χ2n) is 3.17. The Balaban J connectivity index is 2.35. The Morgan fingerprint density at radius 1 is 1.64 bits per heavy atom. The van der Waals surface area contributed by atoms with E-state index in [1.54, 1.807) is 0 Å². The van der Waals surface area contributed by atoms with Gasteiger partial charge in [0, 0.05) is 24.1 Å². The Bertz CT molecular complexity index is 316. The number of nitrogens with zero attached hydrogens (tertiary/aromatic N) is 1. The number of hydrogen-bond acceptors (Lipinski definition) is 4. The van der Waals surface area contributed by atoms with Crippen molar-refractivity contribution >= 4 is 11.3 Å². The first-order valence-corrected chi connectivity index (χ1v) is 5.41. The first kappa shape index (κ1) is 11.2. The summed E-state index contributed by atoms with van der Waals surface area (Å²) in [5.41, 5.74) is 0. The Hall–Kier alpha value is -0.890. The lowest BCUT2D eigenvalue weighted by Crippen LogP contribution is -2.25. The van der Waals surface area contributed by atoms with E-state index < -0.39 is 0 Å². The van der Waals surface area contributed by atoms with E-state index in [1.165, 1.54) is 11.3 Å². The van der Waals surface area contributed by atoms with Gasteiger partial charge in [0.05, 0.1) is 0 Å². The van der Waals surface area contributed by atoms with Crippen LogP contribution < -0.4 is 5.32 Å². The van der Waals surface area contributed by atoms with Crippen LogP contribution in [0.15, 0.2) is 12.1 Å². The molecule has 76 valence electrons. The van der Waals surface area contributed by atoms with E-state index in [9.17, 15) is 0 Å². The molecule has 1 atom stereocenters. The van der Waals surface area contributed by atoms with Crippen molar-refractivity contribution in [2.75, 3.05) is 6.61 Å². The molecule has 0 aliphatic carbocycles. The molecule has 14 heavy (non-hydrogen) atoms. The second-order valence-corrected chi connectivity index (χ2v) is 4.34. The fraction of sp³-hybridized carbons (Fsp3) is 0.500. The normalized spacial score (nSPS) is 12.4. The van der Waals surface area contributed by atoms with E-state index in [0.29, 0.717) is 6.04 Å². The zero-order valence-corrected chi connectivity index (χ0v) is 8.97. The molecule has 3 nitrogen and oxygen atoms in total. The third-order valence-corrected chi connectivity index (χ3v) is 2.95. The van der Waals surface area contributed by atoms with Crippen LogP contribution in [0.4, 0.5) is 0 Å². The molecule has 4 heteroatoms. The highest BCUT2D eigenvalue weighted by Gasteiger charge is 2.02. The second kappa shape index (κ2) is 5.76. The van der Waals surface area contributed by atoms with Gasteiger partial charge in [0.25, 0.3) is 0 Å². The molecule has 2 N–H and O–H groups in total. The highest BCUT2D eigenvalue weighted by atomic mass is 32.1. The Kier molecular flexibility index (Phi) is 4.60. The van der Waals surface area contributed by atoms with E-state index in [0.717, 1.165) is 22.7 Å². The van der Waals surface area contributed by atoms with Crippen molar-refractivity contribution < 1.29 is 5.11 Å². The molecule has 0 amide bonds. The average Bonchev–Trinajstić information content (AvgIpc) is 2.63. The number of aliphatic hydroxyl groups is 1. The molecule has 1 aromatic rings. The number of aliphatic hydroxyl groups excluding tert-OH is 1. The number of thiophene rings is 1. The lowest BCUT2D eigenvalue weighted by atomic mass is 10.2. The number of hydrogen-bond donors (Lipinski definition) is 2. The van der Waals surface area contributed by atoms with E-state index in [-0.39, 0.29) is 6.61 Å². The highest BCUT2D eigenvalue weighted by molar-refractivity contribution is 7.12. The average molecular weight is 210 g/mol. The van der Waals surface area contributed by atoms with Gasteiger partial charge in [-0.15, -0.1) is 11.3 Å². The van der Waals surface area contributed by atoms with Gasteiger partial charge in [0.15, 0.2) is 0 Å². The van der Waals surface area contributed by atoms with Gasteiger partial charge in [0.2, 0.25) is 0 Å². The maximum Gasteiger partial charge on any atom is 0.110 e. The topological polar surface area (TPSA) is 56.0 Å². The van der Waals surface area contributed by atoms with E-state index in [4.69, 9.17) is 10.4 Å². The number of nitriles is 1. The van der Waals surface area contributed by atoms with Gasteiger partial charge in [-0.25, -0.2) is 0 Å². The first-order valence-electron chi connectivity index (χ1n) is 4.59. The van der Waals surface area contributed by atoms with Crippen LogP contribution in [0.2, 0.25) is 0 Å². The molecule has 0 aliphatic rings. The fourth-order valence-electron chi connectivity index (χ4n) is 1.10. The number of rotatable bonds is 5. The van der Waals surface area contributed by atoms with Gasteiger partial charge in [-0.2, -0.15) is 5.26 Å². The highest BCUT2D eigenvalue weighted by Crippen LogP contribution is 2.14. The molecule has 0 radical (unpaired) electrons. The van der Waals surface area contributed by atoms with Gasteiger partial charge in [-0.05, 0) is 25.5 Å². The molecule has 0 saturated carbocycles. The molecule has 0 saturated heterocycles. The smallest absolute Gasteiger partial charge is 0.110 e. The summed E-state index contributed by atoms with van der Waals surface area (Å²) in [6.45, 7) is 3.02. The van der Waals surface area contributed by atoms with Crippen LogP contribution in [0.3, 0.4) is 0 Å². The van der Waals surface area contributed by atoms with Crippen LogP contribution in [0.5, 0.6) is 0 Å². The standard InChI is InChI=1S/C10H14N2OS/c1-8(4-5-13)12-7-10-3-2-9(6-11)14-10/h2-3,8,12-13H,4-5,7H2,1H3/t8-/m1/s1. The third-order valence-electron chi connectivity index (χ3n) is 1.96. The van der Waals surface area contributed by atoms with E-state index in [1.807, 2.05) is 19.1 Å². The third kappa shape index (κ3) is 3.46. The van der Waals surface area contributed by atoms with Gasteiger partial charge >= 0.3 is 0 Å². The SMILES string of the molecule is C[C@H](CCO)NCc1ccc(C#N)s1. The summed E-state index contributed by atoms with van der Waals surface area (Å²) in [6.07, 6.45) is 0.760. The molecular weight excluding hydrogens is 196 g/mol. The maximum absolute atomic E-state index is 8.70. The summed E-state index contributed by atoms with van der Waals surface area (Å²) >= 11 is 1.51. The van der Waals surface area contributed by atoms with Crippen LogP contribution in [0, 0.1) is 11.3 Å². The Morgan fingerprint density at radius 2 is 2.43 bits per heavy atom. The molecule has 0 fully saturated rings. The molecule has 0 aliphatic heterocycles. The van der Waals surface area contributed by atoms with Crippen LogP contribution in [0.25, 0.3) is 0 Å². The molecule has 0 bridgehead atoms. The lowest BCUT2D eigenvalue weighted by Gasteiger charge is -2.10. The van der Waals surface area contributed by atoms with Crippen LogP contribution in [0.1, 0.15) is 23.1 Å². The van der Waals surface area contributed by atoms with E-state index in [2.05, 4.69) is 11.4 Å². The minimum absolute atomic E-state index is 0.210.